The molecular formula is C17H16N2O4. The molecule has 2 aromatic carbocycles. The van der Waals surface area contributed by atoms with E-state index in [0.717, 1.165) is 0 Å². The van der Waals surface area contributed by atoms with Crippen molar-refractivity contribution in [1.29, 1.82) is 0 Å². The number of benzene rings is 2. The third-order valence-corrected chi connectivity index (χ3v) is 3.09. The largest absolute Gasteiger partial charge is 0.497 e. The first-order chi connectivity index (χ1) is 11.1. The number of anilines is 1. The molecule has 0 saturated heterocycles. The van der Waals surface area contributed by atoms with Crippen LogP contribution >= 0.6 is 0 Å². The van der Waals surface area contributed by atoms with Gasteiger partial charge in [0.15, 0.2) is 0 Å². The number of methoxy groups -OCH3 is 1. The molecule has 0 aromatic heterocycles. The highest BCUT2D eigenvalue weighted by Crippen LogP contribution is 2.18. The summed E-state index contributed by atoms with van der Waals surface area (Å²) in [7, 11) is 1.56. The minimum absolute atomic E-state index is 0.278. The van der Waals surface area contributed by atoms with Gasteiger partial charge in [0.1, 0.15) is 5.75 Å². The molecule has 0 aliphatic carbocycles. The highest BCUT2D eigenvalue weighted by atomic mass is 16.5. The molecule has 6 heteroatoms. The summed E-state index contributed by atoms with van der Waals surface area (Å²) in [6, 6.07) is 13.7. The van der Waals surface area contributed by atoms with Gasteiger partial charge in [-0.3, -0.25) is 14.8 Å². The Bertz CT molecular complexity index is 724. The molecule has 0 heterocycles. The summed E-state index contributed by atoms with van der Waals surface area (Å²) in [5.74, 6) is -0.263. The van der Waals surface area contributed by atoms with Crippen molar-refractivity contribution >= 4 is 23.6 Å². The third kappa shape index (κ3) is 4.42. The lowest BCUT2D eigenvalue weighted by Crippen LogP contribution is -2.15. The molecule has 3 N–H and O–H groups in total. The molecule has 0 unspecified atom stereocenters. The molecular weight excluding hydrogens is 296 g/mol. The van der Waals surface area contributed by atoms with Crippen molar-refractivity contribution in [3.63, 3.8) is 0 Å². The van der Waals surface area contributed by atoms with Gasteiger partial charge < -0.3 is 10.1 Å². The Labute approximate surface area is 133 Å². The SMILES string of the molecule is COc1ccc(C(=O)Nc2ccccc2/C=C/C(=O)NO)cc1. The molecule has 0 bridgehead atoms. The van der Waals surface area contributed by atoms with E-state index in [-0.39, 0.29) is 5.91 Å². The highest BCUT2D eigenvalue weighted by molar-refractivity contribution is 6.05. The molecule has 0 fully saturated rings. The molecule has 0 spiro atoms. The maximum Gasteiger partial charge on any atom is 0.267 e. The van der Waals surface area contributed by atoms with Crippen LogP contribution in [0.25, 0.3) is 6.08 Å². The lowest BCUT2D eigenvalue weighted by atomic mass is 10.1. The molecule has 2 rings (SSSR count). The Morgan fingerprint density at radius 3 is 2.43 bits per heavy atom. The Morgan fingerprint density at radius 2 is 1.78 bits per heavy atom. The van der Waals surface area contributed by atoms with Crippen LogP contribution in [0, 0.1) is 0 Å². The van der Waals surface area contributed by atoms with Crippen molar-refractivity contribution < 1.29 is 19.5 Å². The van der Waals surface area contributed by atoms with Crippen LogP contribution in [0.3, 0.4) is 0 Å². The number of para-hydroxylation sites is 1. The fraction of sp³-hybridized carbons (Fsp3) is 0.0588. The van der Waals surface area contributed by atoms with Crippen molar-refractivity contribution in [3.05, 3.63) is 65.7 Å². The number of carbonyl (C=O) groups excluding carboxylic acids is 2. The lowest BCUT2D eigenvalue weighted by Gasteiger charge is -2.09. The number of nitrogens with one attached hydrogen (secondary N) is 2. The normalized spacial score (nSPS) is 10.3. The predicted molar refractivity (Wildman–Crippen MR) is 86.4 cm³/mol. The first-order valence-electron chi connectivity index (χ1n) is 6.80. The van der Waals surface area contributed by atoms with Gasteiger partial charge in [0.05, 0.1) is 7.11 Å². The second kappa shape index (κ2) is 7.77. The van der Waals surface area contributed by atoms with Crippen LogP contribution in [0.4, 0.5) is 5.69 Å². The number of hydroxylamine groups is 1. The third-order valence-electron chi connectivity index (χ3n) is 3.09. The van der Waals surface area contributed by atoms with Crippen molar-refractivity contribution in [2.24, 2.45) is 0 Å². The molecule has 0 saturated carbocycles. The maximum atomic E-state index is 12.3. The van der Waals surface area contributed by atoms with E-state index in [2.05, 4.69) is 5.32 Å². The number of rotatable bonds is 5. The monoisotopic (exact) mass is 312 g/mol. The molecule has 0 atom stereocenters. The Morgan fingerprint density at radius 1 is 1.09 bits per heavy atom. The Kier molecular flexibility index (Phi) is 5.49. The van der Waals surface area contributed by atoms with Crippen molar-refractivity contribution in [2.45, 2.75) is 0 Å². The minimum Gasteiger partial charge on any atom is -0.497 e. The van der Waals surface area contributed by atoms with Crippen LogP contribution in [-0.2, 0) is 4.79 Å². The van der Waals surface area contributed by atoms with E-state index in [1.165, 1.54) is 17.6 Å². The fourth-order valence-corrected chi connectivity index (χ4v) is 1.90. The van der Waals surface area contributed by atoms with E-state index in [1.807, 2.05) is 0 Å². The molecule has 2 aromatic rings. The average molecular weight is 312 g/mol. The molecule has 0 radical (unpaired) electrons. The molecule has 23 heavy (non-hydrogen) atoms. The second-order valence-corrected chi connectivity index (χ2v) is 4.58. The van der Waals surface area contributed by atoms with Gasteiger partial charge in [0.25, 0.3) is 11.8 Å². The van der Waals surface area contributed by atoms with E-state index in [0.29, 0.717) is 22.6 Å². The van der Waals surface area contributed by atoms with Gasteiger partial charge in [-0.05, 0) is 42.0 Å². The molecule has 6 nitrogen and oxygen atoms in total. The van der Waals surface area contributed by atoms with Gasteiger partial charge in [0, 0.05) is 17.3 Å². The number of hydrogen-bond acceptors (Lipinski definition) is 4. The Balaban J connectivity index is 2.17. The first-order valence-corrected chi connectivity index (χ1v) is 6.80. The van der Waals surface area contributed by atoms with Crippen LogP contribution in [0.1, 0.15) is 15.9 Å². The summed E-state index contributed by atoms with van der Waals surface area (Å²) in [4.78, 5) is 23.3. The Hall–Kier alpha value is -3.12. The predicted octanol–water partition coefficient (Wildman–Crippen LogP) is 2.47. The number of ether oxygens (including phenoxy) is 1. The fourth-order valence-electron chi connectivity index (χ4n) is 1.90. The van der Waals surface area contributed by atoms with E-state index >= 15 is 0 Å². The van der Waals surface area contributed by atoms with E-state index < -0.39 is 5.91 Å². The van der Waals surface area contributed by atoms with Gasteiger partial charge >= 0.3 is 0 Å². The van der Waals surface area contributed by atoms with Gasteiger partial charge in [-0.15, -0.1) is 0 Å². The van der Waals surface area contributed by atoms with Crippen LogP contribution < -0.4 is 15.5 Å². The van der Waals surface area contributed by atoms with E-state index in [1.54, 1.807) is 55.6 Å². The first kappa shape index (κ1) is 16.3. The summed E-state index contributed by atoms with van der Waals surface area (Å²) < 4.78 is 5.05. The summed E-state index contributed by atoms with van der Waals surface area (Å²) >= 11 is 0. The zero-order valence-electron chi connectivity index (χ0n) is 12.4. The summed E-state index contributed by atoms with van der Waals surface area (Å²) in [6.07, 6.45) is 2.66. The smallest absolute Gasteiger partial charge is 0.267 e. The topological polar surface area (TPSA) is 87.7 Å². The van der Waals surface area contributed by atoms with Gasteiger partial charge in [-0.1, -0.05) is 18.2 Å². The van der Waals surface area contributed by atoms with Crippen molar-refractivity contribution in [2.75, 3.05) is 12.4 Å². The molecule has 118 valence electrons. The zero-order valence-corrected chi connectivity index (χ0v) is 12.4. The number of amides is 2. The van der Waals surface area contributed by atoms with E-state index in [4.69, 9.17) is 9.94 Å². The minimum atomic E-state index is -0.652. The second-order valence-electron chi connectivity index (χ2n) is 4.58. The van der Waals surface area contributed by atoms with Crippen LogP contribution in [0.15, 0.2) is 54.6 Å². The van der Waals surface area contributed by atoms with Gasteiger partial charge in [-0.2, -0.15) is 0 Å². The number of carbonyl (C=O) groups is 2. The maximum absolute atomic E-state index is 12.3. The van der Waals surface area contributed by atoms with E-state index in [9.17, 15) is 9.59 Å². The van der Waals surface area contributed by atoms with Crippen molar-refractivity contribution in [3.8, 4) is 5.75 Å². The number of hydrogen-bond donors (Lipinski definition) is 3. The summed E-state index contributed by atoms with van der Waals surface area (Å²) in [6.45, 7) is 0. The van der Waals surface area contributed by atoms with Crippen LogP contribution in [0.2, 0.25) is 0 Å². The van der Waals surface area contributed by atoms with Gasteiger partial charge in [0.2, 0.25) is 0 Å². The summed E-state index contributed by atoms with van der Waals surface area (Å²) in [5, 5.41) is 11.3. The lowest BCUT2D eigenvalue weighted by molar-refractivity contribution is -0.124. The summed E-state index contributed by atoms with van der Waals surface area (Å²) in [5.41, 5.74) is 3.18. The van der Waals surface area contributed by atoms with Gasteiger partial charge in [-0.25, -0.2) is 5.48 Å². The highest BCUT2D eigenvalue weighted by Gasteiger charge is 2.08. The molecule has 0 aliphatic heterocycles. The quantitative estimate of drug-likeness (QED) is 0.449. The van der Waals surface area contributed by atoms with Crippen LogP contribution in [0.5, 0.6) is 5.75 Å². The standard InChI is InChI=1S/C17H16N2O4/c1-23-14-9-6-13(7-10-14)17(21)18-15-5-3-2-4-12(15)8-11-16(20)19-22/h2-11,22H,1H3,(H,18,21)(H,19,20)/b11-8+. The molecule has 2 amide bonds. The zero-order chi connectivity index (χ0) is 16.7. The molecule has 0 aliphatic rings. The average Bonchev–Trinajstić information content (AvgIpc) is 2.60. The van der Waals surface area contributed by atoms with Crippen molar-refractivity contribution in [1.82, 2.24) is 5.48 Å². The van der Waals surface area contributed by atoms with Crippen LogP contribution in [-0.4, -0.2) is 24.1 Å².